The Hall–Kier alpha value is -2.83. The smallest absolute Gasteiger partial charge is 0.335 e. The highest BCUT2D eigenvalue weighted by atomic mass is 16.5. The van der Waals surface area contributed by atoms with Crippen LogP contribution in [0.2, 0.25) is 0 Å². The monoisotopic (exact) mass is 275 g/mol. The summed E-state index contributed by atoms with van der Waals surface area (Å²) in [6, 6.07) is 7.73. The maximum atomic E-state index is 10.9. The fraction of sp³-hybridized carbons (Fsp3) is 0.154. The lowest BCUT2D eigenvalue weighted by Gasteiger charge is -2.06. The molecule has 0 spiro atoms. The zero-order chi connectivity index (χ0) is 14.5. The topological polar surface area (TPSA) is 107 Å². The summed E-state index contributed by atoms with van der Waals surface area (Å²) in [5.74, 6) is -1.13. The molecule has 0 aliphatic rings. The van der Waals surface area contributed by atoms with Crippen LogP contribution in [-0.4, -0.2) is 33.4 Å². The summed E-state index contributed by atoms with van der Waals surface area (Å²) < 4.78 is 6.96. The predicted molar refractivity (Wildman–Crippen MR) is 69.6 cm³/mol. The normalized spacial score (nSPS) is 10.2. The highest BCUT2D eigenvalue weighted by Crippen LogP contribution is 2.13. The molecule has 0 saturated heterocycles. The van der Waals surface area contributed by atoms with Crippen LogP contribution in [0.15, 0.2) is 36.5 Å². The molecule has 1 aromatic carbocycles. The number of carbonyl (C=O) groups excluding carboxylic acids is 1. The van der Waals surface area contributed by atoms with Crippen molar-refractivity contribution in [3.8, 4) is 5.75 Å². The van der Waals surface area contributed by atoms with Gasteiger partial charge in [-0.3, -0.25) is 9.48 Å². The molecule has 0 fully saturated rings. The van der Waals surface area contributed by atoms with E-state index < -0.39 is 11.9 Å². The molecule has 1 heterocycles. The van der Waals surface area contributed by atoms with Gasteiger partial charge in [0.25, 0.3) is 5.91 Å². The highest BCUT2D eigenvalue weighted by molar-refractivity contribution is 5.90. The van der Waals surface area contributed by atoms with Crippen LogP contribution in [0, 0.1) is 0 Å². The molecule has 0 atom stereocenters. The molecule has 104 valence electrons. The van der Waals surface area contributed by atoms with E-state index in [0.717, 1.165) is 0 Å². The van der Waals surface area contributed by atoms with E-state index in [9.17, 15) is 9.59 Å². The Morgan fingerprint density at radius 3 is 2.80 bits per heavy atom. The number of nitrogens with two attached hydrogens (primary N) is 1. The van der Waals surface area contributed by atoms with Gasteiger partial charge in [-0.15, -0.1) is 0 Å². The van der Waals surface area contributed by atoms with E-state index in [-0.39, 0.29) is 11.3 Å². The number of carbonyl (C=O) groups is 2. The van der Waals surface area contributed by atoms with Crippen LogP contribution in [-0.2, 0) is 6.54 Å². The van der Waals surface area contributed by atoms with Crippen molar-refractivity contribution in [3.05, 3.63) is 47.8 Å². The van der Waals surface area contributed by atoms with Crippen LogP contribution in [0.5, 0.6) is 5.75 Å². The van der Waals surface area contributed by atoms with E-state index in [0.29, 0.717) is 18.9 Å². The third-order valence-corrected chi connectivity index (χ3v) is 2.56. The molecule has 0 saturated carbocycles. The minimum Gasteiger partial charge on any atom is -0.492 e. The lowest BCUT2D eigenvalue weighted by Crippen LogP contribution is -2.14. The van der Waals surface area contributed by atoms with Gasteiger partial charge in [0.15, 0.2) is 0 Å². The molecule has 2 rings (SSSR count). The van der Waals surface area contributed by atoms with E-state index in [4.69, 9.17) is 15.6 Å². The Labute approximate surface area is 114 Å². The first-order valence-corrected chi connectivity index (χ1v) is 5.85. The average Bonchev–Trinajstić information content (AvgIpc) is 2.88. The summed E-state index contributed by atoms with van der Waals surface area (Å²) in [6.07, 6.45) is 1.62. The van der Waals surface area contributed by atoms with Crippen LogP contribution < -0.4 is 10.5 Å². The van der Waals surface area contributed by atoms with Crippen LogP contribution in [0.3, 0.4) is 0 Å². The molecule has 3 N–H and O–H groups in total. The van der Waals surface area contributed by atoms with Gasteiger partial charge in [-0.05, 0) is 24.3 Å². The van der Waals surface area contributed by atoms with Crippen molar-refractivity contribution in [2.45, 2.75) is 6.54 Å². The second-order valence-corrected chi connectivity index (χ2v) is 4.01. The molecule has 2 aromatic rings. The molecule has 0 bridgehead atoms. The van der Waals surface area contributed by atoms with Gasteiger partial charge in [0.2, 0.25) is 0 Å². The molecular weight excluding hydrogens is 262 g/mol. The fourth-order valence-electron chi connectivity index (χ4n) is 1.59. The number of hydrogen-bond acceptors (Lipinski definition) is 4. The zero-order valence-corrected chi connectivity index (χ0v) is 10.5. The second-order valence-electron chi connectivity index (χ2n) is 4.01. The lowest BCUT2D eigenvalue weighted by molar-refractivity contribution is 0.0696. The molecular formula is C13H13N3O4. The Morgan fingerprint density at radius 1 is 1.35 bits per heavy atom. The van der Waals surface area contributed by atoms with Crippen molar-refractivity contribution in [1.29, 1.82) is 0 Å². The van der Waals surface area contributed by atoms with Crippen molar-refractivity contribution in [1.82, 2.24) is 9.78 Å². The molecule has 0 aliphatic carbocycles. The lowest BCUT2D eigenvalue weighted by atomic mass is 10.2. The Morgan fingerprint density at radius 2 is 2.15 bits per heavy atom. The van der Waals surface area contributed by atoms with E-state index in [2.05, 4.69) is 5.10 Å². The third-order valence-electron chi connectivity index (χ3n) is 2.56. The first kappa shape index (κ1) is 13.6. The van der Waals surface area contributed by atoms with Gasteiger partial charge >= 0.3 is 5.97 Å². The molecule has 1 aromatic heterocycles. The number of nitrogens with zero attached hydrogens (tertiary/aromatic N) is 2. The van der Waals surface area contributed by atoms with Gasteiger partial charge in [0.1, 0.15) is 18.1 Å². The Bertz CT molecular complexity index is 636. The van der Waals surface area contributed by atoms with Gasteiger partial charge in [-0.25, -0.2) is 4.79 Å². The first-order valence-electron chi connectivity index (χ1n) is 5.85. The van der Waals surface area contributed by atoms with Crippen LogP contribution in [0.1, 0.15) is 20.8 Å². The number of ether oxygens (including phenoxy) is 1. The summed E-state index contributed by atoms with van der Waals surface area (Å²) in [6.45, 7) is 0.716. The number of primary amides is 1. The van der Waals surface area contributed by atoms with Crippen LogP contribution >= 0.6 is 0 Å². The molecule has 20 heavy (non-hydrogen) atoms. The van der Waals surface area contributed by atoms with Crippen molar-refractivity contribution in [2.75, 3.05) is 6.61 Å². The largest absolute Gasteiger partial charge is 0.492 e. The molecule has 7 nitrogen and oxygen atoms in total. The molecule has 0 unspecified atom stereocenters. The SMILES string of the molecule is NC(=O)c1ccn(CCOc2cccc(C(=O)O)c2)n1. The summed E-state index contributed by atoms with van der Waals surface area (Å²) >= 11 is 0. The number of aromatic nitrogens is 2. The highest BCUT2D eigenvalue weighted by Gasteiger charge is 2.05. The Balaban J connectivity index is 1.90. The van der Waals surface area contributed by atoms with Crippen molar-refractivity contribution in [2.24, 2.45) is 5.73 Å². The van der Waals surface area contributed by atoms with Gasteiger partial charge in [-0.2, -0.15) is 5.10 Å². The van der Waals surface area contributed by atoms with Crippen molar-refractivity contribution in [3.63, 3.8) is 0 Å². The molecule has 0 radical (unpaired) electrons. The maximum absolute atomic E-state index is 10.9. The number of benzene rings is 1. The Kier molecular flexibility index (Phi) is 3.99. The number of aromatic carboxylic acids is 1. The van der Waals surface area contributed by atoms with Gasteiger partial charge in [-0.1, -0.05) is 6.07 Å². The zero-order valence-electron chi connectivity index (χ0n) is 10.5. The van der Waals surface area contributed by atoms with Gasteiger partial charge < -0.3 is 15.6 Å². The van der Waals surface area contributed by atoms with Crippen LogP contribution in [0.4, 0.5) is 0 Å². The number of carboxylic acid groups (broad SMARTS) is 1. The maximum Gasteiger partial charge on any atom is 0.335 e. The predicted octanol–water partition coefficient (Wildman–Crippen LogP) is 0.759. The number of amides is 1. The van der Waals surface area contributed by atoms with E-state index in [1.165, 1.54) is 22.9 Å². The molecule has 7 heteroatoms. The van der Waals surface area contributed by atoms with Gasteiger partial charge in [0, 0.05) is 6.20 Å². The van der Waals surface area contributed by atoms with Crippen LogP contribution in [0.25, 0.3) is 0 Å². The average molecular weight is 275 g/mol. The first-order chi connectivity index (χ1) is 9.56. The van der Waals surface area contributed by atoms with E-state index in [1.54, 1.807) is 18.3 Å². The molecule has 1 amide bonds. The molecule has 0 aliphatic heterocycles. The summed E-state index contributed by atoms with van der Waals surface area (Å²) in [5, 5.41) is 12.8. The van der Waals surface area contributed by atoms with Gasteiger partial charge in [0.05, 0.1) is 12.1 Å². The van der Waals surface area contributed by atoms with Crippen molar-refractivity contribution < 1.29 is 19.4 Å². The summed E-state index contributed by atoms with van der Waals surface area (Å²) in [7, 11) is 0. The summed E-state index contributed by atoms with van der Waals surface area (Å²) in [5.41, 5.74) is 5.45. The summed E-state index contributed by atoms with van der Waals surface area (Å²) in [4.78, 5) is 21.7. The van der Waals surface area contributed by atoms with E-state index in [1.807, 2.05) is 0 Å². The second kappa shape index (κ2) is 5.87. The van der Waals surface area contributed by atoms with E-state index >= 15 is 0 Å². The number of hydrogen-bond donors (Lipinski definition) is 2. The standard InChI is InChI=1S/C13H13N3O4/c14-12(17)11-4-5-16(15-11)6-7-20-10-3-1-2-9(8-10)13(18)19/h1-5,8H,6-7H2,(H2,14,17)(H,18,19). The number of carboxylic acids is 1. The van der Waals surface area contributed by atoms with Crippen molar-refractivity contribution >= 4 is 11.9 Å². The minimum atomic E-state index is -1.01. The number of rotatable bonds is 6. The fourth-order valence-corrected chi connectivity index (χ4v) is 1.59. The minimum absolute atomic E-state index is 0.164. The quantitative estimate of drug-likeness (QED) is 0.809. The third kappa shape index (κ3) is 3.35.